The molecule has 0 spiro atoms. The third-order valence-electron chi connectivity index (χ3n) is 6.21. The summed E-state index contributed by atoms with van der Waals surface area (Å²) in [7, 11) is 0. The Bertz CT molecular complexity index is 1290. The van der Waals surface area contributed by atoms with E-state index in [1.807, 2.05) is 48.7 Å². The highest BCUT2D eigenvalue weighted by Crippen LogP contribution is 2.41. The summed E-state index contributed by atoms with van der Waals surface area (Å²) in [6.45, 7) is 0.390. The van der Waals surface area contributed by atoms with E-state index >= 15 is 0 Å². The number of hydrogen-bond acceptors (Lipinski definition) is 4. The molecule has 10 heteroatoms. The van der Waals surface area contributed by atoms with Crippen LogP contribution in [0.15, 0.2) is 82.4 Å². The van der Waals surface area contributed by atoms with Crippen molar-refractivity contribution in [2.45, 2.75) is 18.0 Å². The second-order valence-corrected chi connectivity index (χ2v) is 11.0. The minimum Gasteiger partial charge on any atom is -0.324 e. The summed E-state index contributed by atoms with van der Waals surface area (Å²) in [5.74, 6) is 0.547. The summed E-state index contributed by atoms with van der Waals surface area (Å²) >= 11 is 11.1. The Morgan fingerprint density at radius 1 is 1.14 bits per heavy atom. The molecule has 1 aliphatic heterocycles. The summed E-state index contributed by atoms with van der Waals surface area (Å²) in [5, 5.41) is 8.98. The Balaban J connectivity index is 1.72. The molecule has 194 valence electrons. The molecule has 0 aromatic heterocycles. The van der Waals surface area contributed by atoms with E-state index in [9.17, 15) is 18.0 Å². The molecule has 37 heavy (non-hydrogen) atoms. The van der Waals surface area contributed by atoms with E-state index in [0.717, 1.165) is 21.9 Å². The van der Waals surface area contributed by atoms with Crippen molar-refractivity contribution in [1.29, 1.82) is 0 Å². The lowest BCUT2D eigenvalue weighted by Crippen LogP contribution is -2.41. The first kappa shape index (κ1) is 27.5. The van der Waals surface area contributed by atoms with Crippen LogP contribution >= 0.6 is 39.3 Å². The van der Waals surface area contributed by atoms with Crippen molar-refractivity contribution in [3.63, 3.8) is 0 Å². The second-order valence-electron chi connectivity index (χ2n) is 8.71. The van der Waals surface area contributed by atoms with Crippen LogP contribution in [0.3, 0.4) is 0 Å². The Labute approximate surface area is 231 Å². The first-order chi connectivity index (χ1) is 17.6. The van der Waals surface area contributed by atoms with Gasteiger partial charge in [0, 0.05) is 15.7 Å². The van der Waals surface area contributed by atoms with Gasteiger partial charge < -0.3 is 5.32 Å². The van der Waals surface area contributed by atoms with Crippen LogP contribution in [0.25, 0.3) is 0 Å². The van der Waals surface area contributed by atoms with Crippen LogP contribution < -0.4 is 5.32 Å². The molecule has 0 radical (unpaired) electrons. The Kier molecular flexibility index (Phi) is 8.56. The largest absolute Gasteiger partial charge is 0.417 e. The molecule has 0 saturated carbocycles. The maximum Gasteiger partial charge on any atom is 0.417 e. The number of rotatable bonds is 8. The van der Waals surface area contributed by atoms with Crippen LogP contribution in [0.5, 0.6) is 0 Å². The van der Waals surface area contributed by atoms with Gasteiger partial charge >= 0.3 is 6.18 Å². The zero-order valence-corrected chi connectivity index (χ0v) is 23.0. The average Bonchev–Trinajstić information content (AvgIpc) is 3.23. The monoisotopic (exact) mass is 609 g/mol. The van der Waals surface area contributed by atoms with E-state index in [-0.39, 0.29) is 17.5 Å². The maximum atomic E-state index is 13.4. The molecule has 1 heterocycles. The lowest BCUT2D eigenvalue weighted by atomic mass is 9.72. The van der Waals surface area contributed by atoms with Gasteiger partial charge in [-0.3, -0.25) is 9.80 Å². The van der Waals surface area contributed by atoms with Crippen molar-refractivity contribution in [3.05, 3.63) is 99.0 Å². The predicted molar refractivity (Wildman–Crippen MR) is 148 cm³/mol. The lowest BCUT2D eigenvalue weighted by Gasteiger charge is -2.32. The smallest absolute Gasteiger partial charge is 0.324 e. The molecular weight excluding hydrogens is 587 g/mol. The number of thioether (sulfide) groups is 1. The molecule has 1 aliphatic rings. The van der Waals surface area contributed by atoms with Crippen LogP contribution in [-0.2, 0) is 16.4 Å². The predicted octanol–water partition coefficient (Wildman–Crippen LogP) is 7.47. The number of benzene rings is 3. The van der Waals surface area contributed by atoms with Crippen molar-refractivity contribution >= 4 is 56.6 Å². The van der Waals surface area contributed by atoms with Gasteiger partial charge in [-0.05, 0) is 60.4 Å². The van der Waals surface area contributed by atoms with E-state index < -0.39 is 17.2 Å². The minimum absolute atomic E-state index is 0.0121. The van der Waals surface area contributed by atoms with Crippen LogP contribution in [0.1, 0.15) is 23.1 Å². The molecule has 0 saturated heterocycles. The zero-order valence-electron chi connectivity index (χ0n) is 19.9. The number of carbonyl (C=O) groups is 1. The third-order valence-corrected chi connectivity index (χ3v) is 7.66. The maximum absolute atomic E-state index is 13.4. The van der Waals surface area contributed by atoms with Crippen molar-refractivity contribution in [3.8, 4) is 0 Å². The summed E-state index contributed by atoms with van der Waals surface area (Å²) in [5.41, 5.74) is 1.21. The number of hydrogen-bond donors (Lipinski definition) is 1. The molecule has 3 aromatic carbocycles. The first-order valence-corrected chi connectivity index (χ1v) is 14.0. The van der Waals surface area contributed by atoms with Gasteiger partial charge in [-0.25, -0.2) is 0 Å². The quantitative estimate of drug-likeness (QED) is 0.288. The summed E-state index contributed by atoms with van der Waals surface area (Å²) < 4.78 is 41.0. The van der Waals surface area contributed by atoms with E-state index in [1.165, 1.54) is 12.1 Å². The van der Waals surface area contributed by atoms with Crippen LogP contribution in [0, 0.1) is 0 Å². The average molecular weight is 611 g/mol. The Morgan fingerprint density at radius 2 is 1.84 bits per heavy atom. The molecule has 1 atom stereocenters. The van der Waals surface area contributed by atoms with Gasteiger partial charge in [0.05, 0.1) is 28.3 Å². The highest BCUT2D eigenvalue weighted by Gasteiger charge is 2.45. The number of carbonyl (C=O) groups excluding carboxylic acids is 1. The zero-order chi connectivity index (χ0) is 26.6. The van der Waals surface area contributed by atoms with Gasteiger partial charge in [0.25, 0.3) is 0 Å². The molecule has 0 aliphatic carbocycles. The molecule has 1 unspecified atom stereocenters. The van der Waals surface area contributed by atoms with Crippen molar-refractivity contribution in [2.75, 3.05) is 30.4 Å². The van der Waals surface area contributed by atoms with E-state index in [4.69, 9.17) is 16.7 Å². The summed E-state index contributed by atoms with van der Waals surface area (Å²) in [6.07, 6.45) is -1.87. The van der Waals surface area contributed by atoms with Crippen LogP contribution in [-0.4, -0.2) is 41.7 Å². The van der Waals surface area contributed by atoms with E-state index in [0.29, 0.717) is 29.9 Å². The van der Waals surface area contributed by atoms with Crippen molar-refractivity contribution in [2.24, 2.45) is 5.10 Å². The van der Waals surface area contributed by atoms with E-state index in [2.05, 4.69) is 21.2 Å². The van der Waals surface area contributed by atoms with Gasteiger partial charge in [0.1, 0.15) is 6.54 Å². The van der Waals surface area contributed by atoms with Gasteiger partial charge in [-0.1, -0.05) is 63.9 Å². The molecule has 1 N–H and O–H groups in total. The first-order valence-electron chi connectivity index (χ1n) is 11.4. The molecule has 0 fully saturated rings. The van der Waals surface area contributed by atoms with Gasteiger partial charge in [-0.2, -0.15) is 30.0 Å². The Morgan fingerprint density at radius 3 is 2.46 bits per heavy atom. The van der Waals surface area contributed by atoms with Crippen molar-refractivity contribution < 1.29 is 18.0 Å². The Hall–Kier alpha value is -2.49. The molecule has 3 aromatic rings. The number of anilines is 1. The topological polar surface area (TPSA) is 44.7 Å². The third kappa shape index (κ3) is 6.33. The molecule has 1 amide bonds. The second kappa shape index (κ2) is 11.5. The van der Waals surface area contributed by atoms with Crippen LogP contribution in [0.4, 0.5) is 18.9 Å². The normalized spacial score (nSPS) is 17.6. The number of hydrazone groups is 1. The molecular formula is C27H24BrClF3N3OS. The van der Waals surface area contributed by atoms with Gasteiger partial charge in [0.15, 0.2) is 0 Å². The number of amides is 1. The summed E-state index contributed by atoms with van der Waals surface area (Å²) in [4.78, 5) is 12.9. The fourth-order valence-electron chi connectivity index (χ4n) is 4.48. The number of alkyl halides is 3. The number of halogens is 5. The highest BCUT2D eigenvalue weighted by atomic mass is 79.9. The lowest BCUT2D eigenvalue weighted by molar-refractivity contribution is -0.137. The summed E-state index contributed by atoms with van der Waals surface area (Å²) in [6, 6.07) is 20.7. The number of nitrogens with zero attached hydrogens (tertiary/aromatic N) is 2. The fraction of sp³-hybridized carbons (Fsp3) is 0.259. The highest BCUT2D eigenvalue weighted by molar-refractivity contribution is 9.10. The van der Waals surface area contributed by atoms with Gasteiger partial charge in [0.2, 0.25) is 5.91 Å². The van der Waals surface area contributed by atoms with Crippen LogP contribution in [0.2, 0.25) is 5.02 Å². The van der Waals surface area contributed by atoms with Gasteiger partial charge in [-0.15, -0.1) is 0 Å². The SMILES string of the molecule is CSCCC1(c2ccccc2)CN(CC(=O)Nc2ccc(Br)cc2)N=C1c1ccc(C(F)(F)F)c(Cl)c1. The number of nitrogens with one attached hydrogen (secondary N) is 1. The molecule has 4 nitrogen and oxygen atoms in total. The molecule has 4 rings (SSSR count). The fourth-order valence-corrected chi connectivity index (χ4v) is 5.58. The minimum atomic E-state index is -4.56. The van der Waals surface area contributed by atoms with E-state index in [1.54, 1.807) is 28.9 Å². The van der Waals surface area contributed by atoms with Crippen molar-refractivity contribution in [1.82, 2.24) is 5.01 Å². The standard InChI is InChI=1S/C27H24BrClF3N3OS/c1-37-14-13-26(19-5-3-2-4-6-19)17-35(16-24(36)33-21-10-8-20(28)9-11-21)34-25(26)18-7-12-22(23(29)15-18)27(30,31)32/h2-12,15H,13-14,16-17H2,1H3,(H,33,36). The molecule has 0 bridgehead atoms.